The van der Waals surface area contributed by atoms with Crippen molar-refractivity contribution < 1.29 is 9.90 Å². The van der Waals surface area contributed by atoms with Gasteiger partial charge in [-0.25, -0.2) is 0 Å². The summed E-state index contributed by atoms with van der Waals surface area (Å²) in [7, 11) is 0. The Bertz CT molecular complexity index is 326. The third-order valence-corrected chi connectivity index (χ3v) is 2.45. The molecule has 0 aliphatic rings. The van der Waals surface area contributed by atoms with E-state index in [9.17, 15) is 4.79 Å². The van der Waals surface area contributed by atoms with Crippen molar-refractivity contribution in [1.82, 2.24) is 0 Å². The molecule has 0 saturated heterocycles. The van der Waals surface area contributed by atoms with Crippen molar-refractivity contribution in [3.8, 4) is 0 Å². The molecule has 0 aliphatic heterocycles. The van der Waals surface area contributed by atoms with Crippen LogP contribution in [0.2, 0.25) is 0 Å². The number of carboxylic acids is 1. The Hall–Kier alpha value is -2.09. The first-order chi connectivity index (χ1) is 11.5. The van der Waals surface area contributed by atoms with Gasteiger partial charge >= 0.3 is 5.97 Å². The van der Waals surface area contributed by atoms with E-state index in [-0.39, 0.29) is 6.42 Å². The zero-order chi connectivity index (χ0) is 19.1. The lowest BCUT2D eigenvalue weighted by Crippen LogP contribution is -1.86. The van der Waals surface area contributed by atoms with E-state index in [0.717, 1.165) is 5.92 Å². The maximum atomic E-state index is 9.37. The Morgan fingerprint density at radius 1 is 0.708 bits per heavy atom. The van der Waals surface area contributed by atoms with Crippen LogP contribution in [0.15, 0.2) is 72.8 Å². The Morgan fingerprint density at radius 3 is 0.875 bits per heavy atom. The van der Waals surface area contributed by atoms with Crippen molar-refractivity contribution in [2.24, 2.45) is 5.92 Å². The maximum Gasteiger partial charge on any atom is 0.303 e. The number of benzene rings is 2. The van der Waals surface area contributed by atoms with Gasteiger partial charge in [0, 0.05) is 6.42 Å². The summed E-state index contributed by atoms with van der Waals surface area (Å²) in [5.74, 6) is 0.139. The number of rotatable bonds is 2. The highest BCUT2D eigenvalue weighted by atomic mass is 16.4. The average Bonchev–Trinajstić information content (AvgIpc) is 2.67. The average molecular weight is 333 g/mol. The summed E-state index contributed by atoms with van der Waals surface area (Å²) in [4.78, 5) is 9.37. The summed E-state index contributed by atoms with van der Waals surface area (Å²) in [5.41, 5.74) is 0. The van der Waals surface area contributed by atoms with Gasteiger partial charge in [-0.1, -0.05) is 121 Å². The molecular formula is C22H36O2. The van der Waals surface area contributed by atoms with Gasteiger partial charge in [0.15, 0.2) is 0 Å². The van der Waals surface area contributed by atoms with Gasteiger partial charge < -0.3 is 5.11 Å². The highest BCUT2D eigenvalue weighted by Gasteiger charge is 1.81. The van der Waals surface area contributed by atoms with E-state index in [0.29, 0.717) is 0 Å². The van der Waals surface area contributed by atoms with Gasteiger partial charge in [0.25, 0.3) is 0 Å². The van der Waals surface area contributed by atoms with Gasteiger partial charge in [-0.3, -0.25) is 4.79 Å². The van der Waals surface area contributed by atoms with Gasteiger partial charge in [0.1, 0.15) is 0 Å². The van der Waals surface area contributed by atoms with E-state index in [2.05, 4.69) is 20.8 Å². The molecule has 0 amide bonds. The summed E-state index contributed by atoms with van der Waals surface area (Å²) in [6, 6.07) is 24.0. The minimum absolute atomic E-state index is 0.222. The predicted molar refractivity (Wildman–Crippen MR) is 107 cm³/mol. The minimum Gasteiger partial charge on any atom is -0.481 e. The Kier molecular flexibility index (Phi) is 28.8. The molecule has 2 rings (SSSR count). The molecule has 0 heterocycles. The molecule has 0 unspecified atom stereocenters. The summed E-state index contributed by atoms with van der Waals surface area (Å²) < 4.78 is 0. The van der Waals surface area contributed by atoms with Crippen molar-refractivity contribution in [1.29, 1.82) is 0 Å². The molecule has 24 heavy (non-hydrogen) atoms. The lowest BCUT2D eigenvalue weighted by Gasteiger charge is -1.90. The largest absolute Gasteiger partial charge is 0.481 e. The third kappa shape index (κ3) is 36.8. The predicted octanol–water partition coefficient (Wildman–Crippen LogP) is 6.93. The molecule has 0 aliphatic carbocycles. The molecule has 2 aromatic carbocycles. The Morgan fingerprint density at radius 2 is 0.833 bits per heavy atom. The van der Waals surface area contributed by atoms with E-state index < -0.39 is 5.97 Å². The molecule has 0 atom stereocenters. The van der Waals surface area contributed by atoms with Crippen LogP contribution in [0.4, 0.5) is 0 Å². The molecule has 2 nitrogen and oxygen atoms in total. The first-order valence-electron chi connectivity index (χ1n) is 8.76. The van der Waals surface area contributed by atoms with Crippen molar-refractivity contribution >= 4 is 5.97 Å². The fourth-order valence-corrected chi connectivity index (χ4v) is 0.770. The zero-order valence-electron chi connectivity index (χ0n) is 16.3. The molecular weight excluding hydrogens is 296 g/mol. The molecule has 0 aromatic heterocycles. The maximum absolute atomic E-state index is 9.37. The fraction of sp³-hybridized carbons (Fsp3) is 0.409. The summed E-state index contributed by atoms with van der Waals surface area (Å²) in [6.45, 7) is 12.2. The van der Waals surface area contributed by atoms with Crippen LogP contribution in [0.5, 0.6) is 0 Å². The van der Waals surface area contributed by atoms with Crippen LogP contribution < -0.4 is 0 Å². The SMILES string of the molecule is CC.CCC(=O)O.CCC(C)C.c1ccccc1.c1ccccc1. The van der Waals surface area contributed by atoms with Crippen molar-refractivity contribution in [2.75, 3.05) is 0 Å². The highest BCUT2D eigenvalue weighted by molar-refractivity contribution is 5.66. The number of hydrogen-bond donors (Lipinski definition) is 1. The van der Waals surface area contributed by atoms with E-state index >= 15 is 0 Å². The lowest BCUT2D eigenvalue weighted by molar-refractivity contribution is -0.136. The molecule has 0 radical (unpaired) electrons. The molecule has 2 heteroatoms. The van der Waals surface area contributed by atoms with Gasteiger partial charge in [0.2, 0.25) is 0 Å². The second kappa shape index (κ2) is 25.8. The molecule has 0 bridgehead atoms. The summed E-state index contributed by atoms with van der Waals surface area (Å²) in [6.07, 6.45) is 1.53. The third-order valence-electron chi connectivity index (χ3n) is 2.45. The molecule has 136 valence electrons. The van der Waals surface area contributed by atoms with Crippen molar-refractivity contribution in [3.05, 3.63) is 72.8 Å². The number of carboxylic acid groups (broad SMARTS) is 1. The van der Waals surface area contributed by atoms with E-state index in [1.807, 2.05) is 86.6 Å². The van der Waals surface area contributed by atoms with Crippen LogP contribution in [0, 0.1) is 5.92 Å². The van der Waals surface area contributed by atoms with Gasteiger partial charge in [0.05, 0.1) is 0 Å². The minimum atomic E-state index is -0.745. The highest BCUT2D eigenvalue weighted by Crippen LogP contribution is 1.93. The van der Waals surface area contributed by atoms with E-state index in [1.54, 1.807) is 6.92 Å². The van der Waals surface area contributed by atoms with Crippen LogP contribution in [0.25, 0.3) is 0 Å². The summed E-state index contributed by atoms with van der Waals surface area (Å²) in [5, 5.41) is 7.72. The molecule has 0 saturated carbocycles. The van der Waals surface area contributed by atoms with E-state index in [4.69, 9.17) is 5.11 Å². The zero-order valence-corrected chi connectivity index (χ0v) is 16.3. The molecule has 0 fully saturated rings. The monoisotopic (exact) mass is 332 g/mol. The fourth-order valence-electron chi connectivity index (χ4n) is 0.770. The Labute approximate surface area is 149 Å². The number of hydrogen-bond acceptors (Lipinski definition) is 1. The number of aliphatic carboxylic acids is 1. The standard InChI is InChI=1S/2C6H6.C5H12.C3H6O2.C2H6/c2*1-2-4-6-5-3-1;1-4-5(2)3;1-2-3(4)5;1-2/h2*1-6H;5H,4H2,1-3H3;2H2,1H3,(H,4,5);1-2H3. The second-order valence-electron chi connectivity index (χ2n) is 4.86. The topological polar surface area (TPSA) is 37.3 Å². The van der Waals surface area contributed by atoms with Crippen LogP contribution >= 0.6 is 0 Å². The quantitative estimate of drug-likeness (QED) is 0.647. The lowest BCUT2D eigenvalue weighted by atomic mass is 10.2. The van der Waals surface area contributed by atoms with Crippen LogP contribution in [0.1, 0.15) is 54.4 Å². The second-order valence-corrected chi connectivity index (χ2v) is 4.86. The van der Waals surface area contributed by atoms with Crippen molar-refractivity contribution in [3.63, 3.8) is 0 Å². The first-order valence-corrected chi connectivity index (χ1v) is 8.76. The Balaban J connectivity index is -0.000000238. The van der Waals surface area contributed by atoms with Crippen LogP contribution in [-0.4, -0.2) is 11.1 Å². The van der Waals surface area contributed by atoms with Gasteiger partial charge in [-0.2, -0.15) is 0 Å². The number of carbonyl (C=O) groups is 1. The van der Waals surface area contributed by atoms with Gasteiger partial charge in [-0.15, -0.1) is 0 Å². The van der Waals surface area contributed by atoms with E-state index in [1.165, 1.54) is 6.42 Å². The van der Waals surface area contributed by atoms with Crippen LogP contribution in [0.3, 0.4) is 0 Å². The molecule has 0 spiro atoms. The smallest absolute Gasteiger partial charge is 0.303 e. The first kappa shape index (κ1) is 26.8. The normalized spacial score (nSPS) is 7.79. The van der Waals surface area contributed by atoms with Crippen LogP contribution in [-0.2, 0) is 4.79 Å². The summed E-state index contributed by atoms with van der Waals surface area (Å²) >= 11 is 0. The molecule has 2 aromatic rings. The van der Waals surface area contributed by atoms with Crippen molar-refractivity contribution in [2.45, 2.75) is 54.4 Å². The van der Waals surface area contributed by atoms with Gasteiger partial charge in [-0.05, 0) is 5.92 Å². The molecule has 1 N–H and O–H groups in total.